The Balaban J connectivity index is 1.69. The van der Waals surface area contributed by atoms with E-state index in [1.54, 1.807) is 18.0 Å². The number of hydrogen-bond acceptors (Lipinski definition) is 5. The highest BCUT2D eigenvalue weighted by atomic mass is 32.2. The topological polar surface area (TPSA) is 45.2 Å². The summed E-state index contributed by atoms with van der Waals surface area (Å²) in [6, 6.07) is 0.744. The molecule has 0 spiro atoms. The van der Waals surface area contributed by atoms with Crippen molar-refractivity contribution in [1.29, 1.82) is 0 Å². The zero-order valence-corrected chi connectivity index (χ0v) is 12.9. The lowest BCUT2D eigenvalue weighted by Gasteiger charge is -2.49. The summed E-state index contributed by atoms with van der Waals surface area (Å²) < 4.78 is 1.09. The highest BCUT2D eigenvalue weighted by molar-refractivity contribution is 8.00. The van der Waals surface area contributed by atoms with Crippen molar-refractivity contribution in [1.82, 2.24) is 15.2 Å². The van der Waals surface area contributed by atoms with Gasteiger partial charge in [0, 0.05) is 12.1 Å². The largest absolute Gasteiger partial charge is 0.345 e. The maximum Gasteiger partial charge on any atom is 0.280 e. The first-order valence-electron chi connectivity index (χ1n) is 6.74. The maximum atomic E-state index is 12.3. The molecule has 2 bridgehead atoms. The first-order chi connectivity index (χ1) is 9.19. The van der Waals surface area contributed by atoms with Crippen molar-refractivity contribution in [2.24, 2.45) is 5.92 Å². The monoisotopic (exact) mass is 297 g/mol. The lowest BCUT2D eigenvalue weighted by Crippen LogP contribution is -2.62. The third-order valence-electron chi connectivity index (χ3n) is 4.36. The van der Waals surface area contributed by atoms with Crippen LogP contribution >= 0.6 is 23.1 Å². The van der Waals surface area contributed by atoms with E-state index in [9.17, 15) is 4.79 Å². The number of thioether (sulfide) groups is 1. The Morgan fingerprint density at radius 2 is 2.26 bits per heavy atom. The fraction of sp³-hybridized carbons (Fsp3) is 0.692. The van der Waals surface area contributed by atoms with E-state index < -0.39 is 0 Å². The summed E-state index contributed by atoms with van der Waals surface area (Å²) >= 11 is 3.11. The number of nitrogens with zero attached hydrogens (tertiary/aromatic N) is 2. The average Bonchev–Trinajstić information content (AvgIpc) is 2.92. The van der Waals surface area contributed by atoms with Gasteiger partial charge in [0.2, 0.25) is 0 Å². The second-order valence-electron chi connectivity index (χ2n) is 5.30. The third-order valence-corrected chi connectivity index (χ3v) is 6.40. The van der Waals surface area contributed by atoms with Gasteiger partial charge >= 0.3 is 0 Å². The second-order valence-corrected chi connectivity index (χ2v) is 7.44. The molecule has 4 nitrogen and oxygen atoms in total. The first-order valence-corrected chi connectivity index (χ1v) is 8.78. The molecule has 19 heavy (non-hydrogen) atoms. The first kappa shape index (κ1) is 13.4. The van der Waals surface area contributed by atoms with Crippen LogP contribution < -0.4 is 5.32 Å². The molecule has 0 radical (unpaired) electrons. The Morgan fingerprint density at radius 3 is 2.84 bits per heavy atom. The molecule has 3 fully saturated rings. The van der Waals surface area contributed by atoms with Gasteiger partial charge in [0.15, 0.2) is 5.01 Å². The minimum atomic E-state index is -0.00380. The Morgan fingerprint density at radius 1 is 1.53 bits per heavy atom. The molecular weight excluding hydrogens is 278 g/mol. The summed E-state index contributed by atoms with van der Waals surface area (Å²) in [5.41, 5.74) is 0. The number of carbonyl (C=O) groups excluding carboxylic acids is 1. The molecule has 0 aliphatic carbocycles. The molecule has 3 aliphatic rings. The van der Waals surface area contributed by atoms with Gasteiger partial charge in [0.25, 0.3) is 5.91 Å². The van der Waals surface area contributed by atoms with Crippen LogP contribution in [-0.4, -0.2) is 47.2 Å². The Hall–Kier alpha value is -0.590. The maximum absolute atomic E-state index is 12.3. The summed E-state index contributed by atoms with van der Waals surface area (Å²) in [5.74, 6) is 0.639. The van der Waals surface area contributed by atoms with Crippen molar-refractivity contribution < 1.29 is 4.79 Å². The van der Waals surface area contributed by atoms with E-state index in [1.807, 2.05) is 6.26 Å². The van der Waals surface area contributed by atoms with Gasteiger partial charge in [-0.1, -0.05) is 0 Å². The highest BCUT2D eigenvalue weighted by Crippen LogP contribution is 2.32. The van der Waals surface area contributed by atoms with Crippen LogP contribution in [0.25, 0.3) is 0 Å². The number of piperidine rings is 3. The number of thiazole rings is 1. The van der Waals surface area contributed by atoms with Crippen LogP contribution in [-0.2, 0) is 0 Å². The quantitative estimate of drug-likeness (QED) is 0.868. The summed E-state index contributed by atoms with van der Waals surface area (Å²) in [6.45, 7) is 4.60. The third kappa shape index (κ3) is 2.53. The fourth-order valence-corrected chi connectivity index (χ4v) is 4.50. The van der Waals surface area contributed by atoms with E-state index in [0.717, 1.165) is 4.21 Å². The number of nitrogens with one attached hydrogen (secondary N) is 1. The minimum Gasteiger partial charge on any atom is -0.345 e. The number of fused-ring (bicyclic) bond motifs is 3. The van der Waals surface area contributed by atoms with Crippen molar-refractivity contribution in [2.45, 2.75) is 36.1 Å². The van der Waals surface area contributed by atoms with Crippen LogP contribution in [0.2, 0.25) is 0 Å². The van der Waals surface area contributed by atoms with Gasteiger partial charge < -0.3 is 5.32 Å². The molecule has 1 amide bonds. The van der Waals surface area contributed by atoms with E-state index in [4.69, 9.17) is 0 Å². The van der Waals surface area contributed by atoms with Crippen molar-refractivity contribution in [3.8, 4) is 0 Å². The van der Waals surface area contributed by atoms with E-state index >= 15 is 0 Å². The predicted molar refractivity (Wildman–Crippen MR) is 78.9 cm³/mol. The Bertz CT molecular complexity index is 466. The zero-order valence-electron chi connectivity index (χ0n) is 11.3. The van der Waals surface area contributed by atoms with Gasteiger partial charge in [-0.15, -0.1) is 23.1 Å². The second kappa shape index (κ2) is 5.42. The molecule has 4 heterocycles. The molecule has 0 saturated carbocycles. The summed E-state index contributed by atoms with van der Waals surface area (Å²) in [4.78, 5) is 19.0. The standard InChI is InChI=1S/C13H19N3OS2/c1-8-11(9-3-5-16(8)6-4-9)15-12(17)13-14-7-10(18-2)19-13/h7-9,11H,3-6H2,1-2H3,(H,15,17)/t8-,11-/m0/s1. The van der Waals surface area contributed by atoms with Gasteiger partial charge in [-0.05, 0) is 45.0 Å². The molecule has 3 aliphatic heterocycles. The normalized spacial score (nSPS) is 33.4. The Kier molecular flexibility index (Phi) is 3.82. The van der Waals surface area contributed by atoms with Crippen LogP contribution in [0, 0.1) is 5.92 Å². The summed E-state index contributed by atoms with van der Waals surface area (Å²) in [6.07, 6.45) is 6.21. The number of amides is 1. The molecule has 0 aromatic carbocycles. The minimum absolute atomic E-state index is 0.00380. The van der Waals surface area contributed by atoms with Crippen molar-refractivity contribution in [2.75, 3.05) is 19.3 Å². The van der Waals surface area contributed by atoms with E-state index in [1.165, 1.54) is 37.3 Å². The molecule has 4 rings (SSSR count). The van der Waals surface area contributed by atoms with Crippen molar-refractivity contribution >= 4 is 29.0 Å². The van der Waals surface area contributed by atoms with Crippen molar-refractivity contribution in [3.63, 3.8) is 0 Å². The SMILES string of the molecule is CSc1cnc(C(=O)N[C@@H]2C3CCN(CC3)[C@H]2C)s1. The van der Waals surface area contributed by atoms with Crippen LogP contribution in [0.15, 0.2) is 10.4 Å². The van der Waals surface area contributed by atoms with Crippen LogP contribution in [0.5, 0.6) is 0 Å². The van der Waals surface area contributed by atoms with E-state index in [-0.39, 0.29) is 11.9 Å². The van der Waals surface area contributed by atoms with Gasteiger partial charge in [0.1, 0.15) is 0 Å². The molecule has 104 valence electrons. The molecule has 3 saturated heterocycles. The van der Waals surface area contributed by atoms with Gasteiger partial charge in [-0.2, -0.15) is 0 Å². The summed E-state index contributed by atoms with van der Waals surface area (Å²) in [7, 11) is 0. The van der Waals surface area contributed by atoms with E-state index in [2.05, 4.69) is 22.1 Å². The van der Waals surface area contributed by atoms with Gasteiger partial charge in [-0.3, -0.25) is 9.69 Å². The number of aromatic nitrogens is 1. The predicted octanol–water partition coefficient (Wildman–Crippen LogP) is 2.08. The molecule has 1 aromatic heterocycles. The zero-order chi connectivity index (χ0) is 13.4. The molecule has 2 atom stereocenters. The lowest BCUT2D eigenvalue weighted by atomic mass is 9.79. The molecule has 1 N–H and O–H groups in total. The number of hydrogen-bond donors (Lipinski definition) is 1. The molecule has 6 heteroatoms. The smallest absolute Gasteiger partial charge is 0.280 e. The Labute approximate surface area is 122 Å². The molecular formula is C13H19N3OS2. The molecule has 0 unspecified atom stereocenters. The highest BCUT2D eigenvalue weighted by Gasteiger charge is 2.40. The number of rotatable bonds is 3. The van der Waals surface area contributed by atoms with Crippen LogP contribution in [0.4, 0.5) is 0 Å². The average molecular weight is 297 g/mol. The summed E-state index contributed by atoms with van der Waals surface area (Å²) in [5, 5.41) is 3.80. The number of carbonyl (C=O) groups is 1. The van der Waals surface area contributed by atoms with E-state index in [0.29, 0.717) is 17.0 Å². The van der Waals surface area contributed by atoms with Crippen LogP contribution in [0.3, 0.4) is 0 Å². The van der Waals surface area contributed by atoms with Gasteiger partial charge in [-0.25, -0.2) is 4.98 Å². The molecule has 1 aromatic rings. The van der Waals surface area contributed by atoms with Crippen LogP contribution in [0.1, 0.15) is 29.6 Å². The lowest BCUT2D eigenvalue weighted by molar-refractivity contribution is 0.0217. The van der Waals surface area contributed by atoms with Gasteiger partial charge in [0.05, 0.1) is 10.4 Å². The fourth-order valence-electron chi connectivity index (χ4n) is 3.22. The van der Waals surface area contributed by atoms with Crippen molar-refractivity contribution in [3.05, 3.63) is 11.2 Å².